The number of carbonyl (C=O) groups is 1. The standard InChI is InChI=1S/C16H24FN3O3.2ClH/c1-19(2)10-12-3-4-15(14(17)9-12)23-8-5-13-11-20(16(21)22)7-6-18-13;;/h3-4,9,13,18H,5-8,10-11H2,1-2H3,(H,21,22);2*1H/t13-;;/m1../s1. The van der Waals surface area contributed by atoms with Crippen LogP contribution in [-0.2, 0) is 6.54 Å². The lowest BCUT2D eigenvalue weighted by Crippen LogP contribution is -2.52. The van der Waals surface area contributed by atoms with E-state index in [1.165, 1.54) is 11.0 Å². The molecule has 1 amide bonds. The molecule has 25 heavy (non-hydrogen) atoms. The summed E-state index contributed by atoms with van der Waals surface area (Å²) in [6.45, 7) is 2.57. The molecule has 1 saturated heterocycles. The number of amides is 1. The summed E-state index contributed by atoms with van der Waals surface area (Å²) >= 11 is 0. The fourth-order valence-electron chi connectivity index (χ4n) is 2.63. The predicted molar refractivity (Wildman–Crippen MR) is 99.8 cm³/mol. The zero-order valence-corrected chi connectivity index (χ0v) is 16.0. The molecule has 0 aliphatic carbocycles. The Morgan fingerprint density at radius 2 is 2.16 bits per heavy atom. The highest BCUT2D eigenvalue weighted by atomic mass is 35.5. The number of ether oxygens (including phenoxy) is 1. The number of nitrogens with zero attached hydrogens (tertiary/aromatic N) is 2. The van der Waals surface area contributed by atoms with E-state index in [-0.39, 0.29) is 42.4 Å². The Labute approximate surface area is 160 Å². The minimum atomic E-state index is -0.903. The summed E-state index contributed by atoms with van der Waals surface area (Å²) in [5, 5.41) is 12.2. The summed E-state index contributed by atoms with van der Waals surface area (Å²) in [6, 6.07) is 5.02. The Morgan fingerprint density at radius 3 is 2.76 bits per heavy atom. The Hall–Kier alpha value is -1.28. The van der Waals surface area contributed by atoms with E-state index in [0.717, 1.165) is 5.56 Å². The summed E-state index contributed by atoms with van der Waals surface area (Å²) in [5.74, 6) is -0.133. The van der Waals surface area contributed by atoms with E-state index in [0.29, 0.717) is 39.2 Å². The second-order valence-electron chi connectivity index (χ2n) is 6.02. The lowest BCUT2D eigenvalue weighted by Gasteiger charge is -2.31. The predicted octanol–water partition coefficient (Wildman–Crippen LogP) is 2.45. The van der Waals surface area contributed by atoms with Crippen molar-refractivity contribution in [3.63, 3.8) is 0 Å². The van der Waals surface area contributed by atoms with Gasteiger partial charge in [0.2, 0.25) is 0 Å². The lowest BCUT2D eigenvalue weighted by atomic mass is 10.1. The minimum absolute atomic E-state index is 0. The molecule has 1 aliphatic heterocycles. The van der Waals surface area contributed by atoms with Crippen LogP contribution in [0.4, 0.5) is 9.18 Å². The zero-order chi connectivity index (χ0) is 16.8. The van der Waals surface area contributed by atoms with E-state index >= 15 is 0 Å². The number of piperazine rings is 1. The van der Waals surface area contributed by atoms with Gasteiger partial charge in [-0.3, -0.25) is 0 Å². The van der Waals surface area contributed by atoms with Crippen molar-refractivity contribution >= 4 is 30.9 Å². The Morgan fingerprint density at radius 1 is 1.44 bits per heavy atom. The van der Waals surface area contributed by atoms with Gasteiger partial charge in [-0.1, -0.05) is 6.07 Å². The minimum Gasteiger partial charge on any atom is -0.490 e. The van der Waals surface area contributed by atoms with Crippen molar-refractivity contribution in [1.82, 2.24) is 15.1 Å². The maximum absolute atomic E-state index is 14.0. The van der Waals surface area contributed by atoms with Gasteiger partial charge in [0, 0.05) is 32.2 Å². The highest BCUT2D eigenvalue weighted by molar-refractivity contribution is 5.85. The van der Waals surface area contributed by atoms with E-state index in [9.17, 15) is 9.18 Å². The van der Waals surface area contributed by atoms with Crippen LogP contribution < -0.4 is 10.1 Å². The smallest absolute Gasteiger partial charge is 0.407 e. The normalized spacial score (nSPS) is 16.8. The van der Waals surface area contributed by atoms with E-state index in [1.54, 1.807) is 6.07 Å². The average Bonchev–Trinajstić information content (AvgIpc) is 2.49. The number of carboxylic acid groups (broad SMARTS) is 1. The quantitative estimate of drug-likeness (QED) is 0.771. The van der Waals surface area contributed by atoms with Gasteiger partial charge < -0.3 is 25.0 Å². The third kappa shape index (κ3) is 7.64. The number of halogens is 3. The first kappa shape index (κ1) is 23.7. The molecule has 0 radical (unpaired) electrons. The number of hydrogen-bond donors (Lipinski definition) is 2. The van der Waals surface area contributed by atoms with Crippen molar-refractivity contribution in [2.45, 2.75) is 19.0 Å². The molecule has 0 aromatic heterocycles. The van der Waals surface area contributed by atoms with Gasteiger partial charge in [-0.2, -0.15) is 0 Å². The van der Waals surface area contributed by atoms with Gasteiger partial charge in [0.05, 0.1) is 6.61 Å². The maximum atomic E-state index is 14.0. The molecule has 6 nitrogen and oxygen atoms in total. The SMILES string of the molecule is CN(C)Cc1ccc(OCC[C@@H]2CN(C(=O)O)CCN2)c(F)c1.Cl.Cl. The van der Waals surface area contributed by atoms with Gasteiger partial charge in [-0.05, 0) is 38.2 Å². The van der Waals surface area contributed by atoms with Crippen LogP contribution in [0.3, 0.4) is 0 Å². The molecular weight excluding hydrogens is 372 g/mol. The summed E-state index contributed by atoms with van der Waals surface area (Å²) < 4.78 is 19.5. The monoisotopic (exact) mass is 397 g/mol. The van der Waals surface area contributed by atoms with Crippen LogP contribution in [0, 0.1) is 5.82 Å². The van der Waals surface area contributed by atoms with Gasteiger partial charge >= 0.3 is 6.09 Å². The van der Waals surface area contributed by atoms with Crippen LogP contribution >= 0.6 is 24.8 Å². The number of rotatable bonds is 6. The fourth-order valence-corrected chi connectivity index (χ4v) is 2.63. The van der Waals surface area contributed by atoms with Crippen LogP contribution in [0.15, 0.2) is 18.2 Å². The van der Waals surface area contributed by atoms with Gasteiger partial charge in [0.25, 0.3) is 0 Å². The molecule has 0 bridgehead atoms. The first-order chi connectivity index (χ1) is 11.0. The molecule has 1 heterocycles. The molecule has 1 aromatic rings. The second kappa shape index (κ2) is 11.4. The van der Waals surface area contributed by atoms with Gasteiger partial charge in [-0.25, -0.2) is 9.18 Å². The van der Waals surface area contributed by atoms with Crippen molar-refractivity contribution in [2.75, 3.05) is 40.3 Å². The van der Waals surface area contributed by atoms with Crippen LogP contribution in [0.25, 0.3) is 0 Å². The molecule has 9 heteroatoms. The number of nitrogens with one attached hydrogen (secondary N) is 1. The largest absolute Gasteiger partial charge is 0.490 e. The summed E-state index contributed by atoms with van der Waals surface area (Å²) in [5.41, 5.74) is 0.894. The van der Waals surface area contributed by atoms with Crippen molar-refractivity contribution in [2.24, 2.45) is 0 Å². The molecule has 1 aliphatic rings. The average molecular weight is 398 g/mol. The molecule has 0 spiro atoms. The first-order valence-corrected chi connectivity index (χ1v) is 7.73. The van der Waals surface area contributed by atoms with E-state index in [4.69, 9.17) is 9.84 Å². The number of benzene rings is 1. The molecule has 0 unspecified atom stereocenters. The first-order valence-electron chi connectivity index (χ1n) is 7.73. The van der Waals surface area contributed by atoms with Gasteiger partial charge in [0.1, 0.15) is 0 Å². The summed E-state index contributed by atoms with van der Waals surface area (Å²) in [4.78, 5) is 14.3. The topological polar surface area (TPSA) is 65.0 Å². The maximum Gasteiger partial charge on any atom is 0.407 e. The molecule has 1 fully saturated rings. The molecule has 2 rings (SSSR count). The molecule has 2 N–H and O–H groups in total. The Kier molecular flexibility index (Phi) is 10.8. The van der Waals surface area contributed by atoms with Crippen molar-refractivity contribution < 1.29 is 19.0 Å². The zero-order valence-electron chi connectivity index (χ0n) is 14.4. The van der Waals surface area contributed by atoms with Gasteiger partial charge in [-0.15, -0.1) is 24.8 Å². The van der Waals surface area contributed by atoms with Crippen molar-refractivity contribution in [3.8, 4) is 5.75 Å². The van der Waals surface area contributed by atoms with Crippen molar-refractivity contribution in [3.05, 3.63) is 29.6 Å². The molecule has 1 atom stereocenters. The third-order valence-corrected chi connectivity index (χ3v) is 3.74. The summed E-state index contributed by atoms with van der Waals surface area (Å²) in [7, 11) is 3.86. The van der Waals surface area contributed by atoms with E-state index in [2.05, 4.69) is 5.32 Å². The van der Waals surface area contributed by atoms with E-state index in [1.807, 2.05) is 25.1 Å². The fraction of sp³-hybridized carbons (Fsp3) is 0.562. The highest BCUT2D eigenvalue weighted by Gasteiger charge is 2.22. The summed E-state index contributed by atoms with van der Waals surface area (Å²) in [6.07, 6.45) is -0.275. The molecule has 144 valence electrons. The molecular formula is C16H26Cl2FN3O3. The second-order valence-corrected chi connectivity index (χ2v) is 6.02. The number of hydrogen-bond acceptors (Lipinski definition) is 4. The Bertz CT molecular complexity index is 549. The molecule has 0 saturated carbocycles. The molecule has 1 aromatic carbocycles. The van der Waals surface area contributed by atoms with Crippen LogP contribution in [0.5, 0.6) is 5.75 Å². The van der Waals surface area contributed by atoms with E-state index < -0.39 is 6.09 Å². The van der Waals surface area contributed by atoms with Crippen LogP contribution in [0.1, 0.15) is 12.0 Å². The third-order valence-electron chi connectivity index (χ3n) is 3.74. The lowest BCUT2D eigenvalue weighted by molar-refractivity contribution is 0.124. The Balaban J connectivity index is 0.00000288. The van der Waals surface area contributed by atoms with Crippen molar-refractivity contribution in [1.29, 1.82) is 0 Å². The highest BCUT2D eigenvalue weighted by Crippen LogP contribution is 2.19. The van der Waals surface area contributed by atoms with Gasteiger partial charge in [0.15, 0.2) is 11.6 Å². The van der Waals surface area contributed by atoms with Crippen LogP contribution in [-0.4, -0.2) is 67.4 Å². The van der Waals surface area contributed by atoms with Crippen LogP contribution in [0.2, 0.25) is 0 Å².